The standard InChI is InChI=1S/C17H25N3/c1-15-6-12-7-16(2,9-15)11-17(8-12,10-15)20-14-5-13(18)3-4-19-14/h3-5,12H,6-11H2,1-2H3,(H3,18,19,20). The van der Waals surface area contributed by atoms with E-state index in [1.165, 1.54) is 38.5 Å². The van der Waals surface area contributed by atoms with Crippen molar-refractivity contribution in [2.24, 2.45) is 16.7 Å². The maximum absolute atomic E-state index is 5.90. The van der Waals surface area contributed by atoms with E-state index in [0.29, 0.717) is 10.8 Å². The highest BCUT2D eigenvalue weighted by Crippen LogP contribution is 2.66. The van der Waals surface area contributed by atoms with Crippen LogP contribution in [0.15, 0.2) is 18.3 Å². The van der Waals surface area contributed by atoms with Crippen LogP contribution in [0.3, 0.4) is 0 Å². The minimum absolute atomic E-state index is 0.254. The van der Waals surface area contributed by atoms with Crippen LogP contribution in [0, 0.1) is 16.7 Å². The molecule has 0 radical (unpaired) electrons. The van der Waals surface area contributed by atoms with Crippen LogP contribution in [0.1, 0.15) is 52.4 Å². The molecule has 5 rings (SSSR count). The molecule has 1 heterocycles. The molecule has 108 valence electrons. The largest absolute Gasteiger partial charge is 0.399 e. The lowest BCUT2D eigenvalue weighted by atomic mass is 9.43. The molecule has 4 fully saturated rings. The first-order chi connectivity index (χ1) is 9.38. The van der Waals surface area contributed by atoms with Gasteiger partial charge in [0.1, 0.15) is 5.82 Å². The molecular weight excluding hydrogens is 246 g/mol. The first kappa shape index (κ1) is 12.5. The second kappa shape index (κ2) is 3.69. The molecule has 0 saturated heterocycles. The molecule has 3 N–H and O–H groups in total. The van der Waals surface area contributed by atoms with Gasteiger partial charge in [0.25, 0.3) is 0 Å². The highest BCUT2D eigenvalue weighted by molar-refractivity contribution is 5.50. The summed E-state index contributed by atoms with van der Waals surface area (Å²) in [6.45, 7) is 5.00. The van der Waals surface area contributed by atoms with E-state index in [1.54, 1.807) is 0 Å². The van der Waals surface area contributed by atoms with E-state index < -0.39 is 0 Å². The Morgan fingerprint density at radius 2 is 1.85 bits per heavy atom. The Morgan fingerprint density at radius 3 is 2.45 bits per heavy atom. The molecule has 3 nitrogen and oxygen atoms in total. The number of nitrogens with zero attached hydrogens (tertiary/aromatic N) is 1. The smallest absolute Gasteiger partial charge is 0.128 e. The SMILES string of the molecule is CC12CC3CC(C)(C1)CC(Nc1cc(N)ccn1)(C3)C2. The number of rotatable bonds is 2. The Balaban J connectivity index is 1.67. The highest BCUT2D eigenvalue weighted by Gasteiger charge is 2.60. The number of anilines is 2. The maximum atomic E-state index is 5.90. The lowest BCUT2D eigenvalue weighted by Gasteiger charge is -2.65. The van der Waals surface area contributed by atoms with Crippen LogP contribution in [0.2, 0.25) is 0 Å². The van der Waals surface area contributed by atoms with E-state index >= 15 is 0 Å². The number of hydrogen-bond donors (Lipinski definition) is 2. The van der Waals surface area contributed by atoms with Crippen LogP contribution in [0.5, 0.6) is 0 Å². The molecular formula is C17H25N3. The molecule has 0 aliphatic heterocycles. The summed E-state index contributed by atoms with van der Waals surface area (Å²) in [6.07, 6.45) is 9.97. The number of nitrogens with one attached hydrogen (secondary N) is 1. The molecule has 4 aliphatic rings. The summed E-state index contributed by atoms with van der Waals surface area (Å²) in [5.74, 6) is 1.86. The Kier molecular flexibility index (Phi) is 2.30. The third kappa shape index (κ3) is 1.90. The monoisotopic (exact) mass is 271 g/mol. The molecule has 1 aromatic heterocycles. The van der Waals surface area contributed by atoms with Crippen LogP contribution in [-0.2, 0) is 0 Å². The van der Waals surface area contributed by atoms with Crippen LogP contribution in [0.25, 0.3) is 0 Å². The van der Waals surface area contributed by atoms with Crippen molar-refractivity contribution in [3.05, 3.63) is 18.3 Å². The molecule has 0 amide bonds. The van der Waals surface area contributed by atoms with Gasteiger partial charge in [-0.15, -0.1) is 0 Å². The maximum Gasteiger partial charge on any atom is 0.128 e. The average Bonchev–Trinajstić information content (AvgIpc) is 2.22. The Bertz CT molecular complexity index is 535. The van der Waals surface area contributed by atoms with Crippen LogP contribution in [-0.4, -0.2) is 10.5 Å². The summed E-state index contributed by atoms with van der Waals surface area (Å²) in [5.41, 5.74) is 8.01. The highest BCUT2D eigenvalue weighted by atomic mass is 15.1. The zero-order chi connectivity index (χ0) is 14.0. The van der Waals surface area contributed by atoms with Crippen molar-refractivity contribution in [3.8, 4) is 0 Å². The minimum Gasteiger partial charge on any atom is -0.399 e. The van der Waals surface area contributed by atoms with Crippen LogP contribution in [0.4, 0.5) is 11.5 Å². The second-order valence-corrected chi connectivity index (χ2v) is 8.51. The predicted molar refractivity (Wildman–Crippen MR) is 82.4 cm³/mol. The van der Waals surface area contributed by atoms with E-state index in [2.05, 4.69) is 24.1 Å². The van der Waals surface area contributed by atoms with E-state index in [1.807, 2.05) is 18.3 Å². The lowest BCUT2D eigenvalue weighted by molar-refractivity contribution is -0.0973. The lowest BCUT2D eigenvalue weighted by Crippen LogP contribution is -2.61. The van der Waals surface area contributed by atoms with Gasteiger partial charge < -0.3 is 11.1 Å². The predicted octanol–water partition coefficient (Wildman–Crippen LogP) is 3.82. The zero-order valence-electron chi connectivity index (χ0n) is 12.6. The van der Waals surface area contributed by atoms with Gasteiger partial charge in [0, 0.05) is 23.5 Å². The molecule has 0 aromatic carbocycles. The molecule has 4 bridgehead atoms. The van der Waals surface area contributed by atoms with Gasteiger partial charge in [0.05, 0.1) is 0 Å². The van der Waals surface area contributed by atoms with Crippen molar-refractivity contribution in [3.63, 3.8) is 0 Å². The molecule has 2 unspecified atom stereocenters. The molecule has 1 aromatic rings. The van der Waals surface area contributed by atoms with E-state index in [0.717, 1.165) is 17.4 Å². The molecule has 20 heavy (non-hydrogen) atoms. The van der Waals surface area contributed by atoms with Gasteiger partial charge in [0.2, 0.25) is 0 Å². The van der Waals surface area contributed by atoms with Gasteiger partial charge in [-0.2, -0.15) is 0 Å². The van der Waals surface area contributed by atoms with Crippen molar-refractivity contribution < 1.29 is 0 Å². The van der Waals surface area contributed by atoms with Gasteiger partial charge in [0.15, 0.2) is 0 Å². The topological polar surface area (TPSA) is 50.9 Å². The average molecular weight is 271 g/mol. The van der Waals surface area contributed by atoms with Crippen LogP contribution < -0.4 is 11.1 Å². The third-order valence-corrected chi connectivity index (χ3v) is 5.80. The van der Waals surface area contributed by atoms with Crippen LogP contribution >= 0.6 is 0 Å². The fourth-order valence-electron chi connectivity index (χ4n) is 6.37. The number of pyridine rings is 1. The fraction of sp³-hybridized carbons (Fsp3) is 0.706. The Labute approximate surface area is 121 Å². The van der Waals surface area contributed by atoms with Gasteiger partial charge >= 0.3 is 0 Å². The summed E-state index contributed by atoms with van der Waals surface area (Å²) < 4.78 is 0. The molecule has 3 heteroatoms. The number of hydrogen-bond acceptors (Lipinski definition) is 3. The number of nitrogens with two attached hydrogens (primary N) is 1. The molecule has 0 spiro atoms. The van der Waals surface area contributed by atoms with Gasteiger partial charge in [-0.1, -0.05) is 13.8 Å². The van der Waals surface area contributed by atoms with Crippen molar-refractivity contribution in [2.75, 3.05) is 11.1 Å². The van der Waals surface area contributed by atoms with Crippen molar-refractivity contribution in [1.82, 2.24) is 4.98 Å². The van der Waals surface area contributed by atoms with Gasteiger partial charge in [-0.25, -0.2) is 4.98 Å². The van der Waals surface area contributed by atoms with Gasteiger partial charge in [-0.3, -0.25) is 0 Å². The summed E-state index contributed by atoms with van der Waals surface area (Å²) in [7, 11) is 0. The quantitative estimate of drug-likeness (QED) is 0.859. The normalized spacial score (nSPS) is 45.6. The Morgan fingerprint density at radius 1 is 1.15 bits per heavy atom. The van der Waals surface area contributed by atoms with Crippen molar-refractivity contribution in [2.45, 2.75) is 57.9 Å². The van der Waals surface area contributed by atoms with Gasteiger partial charge in [-0.05, 0) is 61.3 Å². The Hall–Kier alpha value is -1.25. The summed E-state index contributed by atoms with van der Waals surface area (Å²) in [6, 6.07) is 3.83. The molecule has 2 atom stereocenters. The van der Waals surface area contributed by atoms with Crippen molar-refractivity contribution in [1.29, 1.82) is 0 Å². The number of nitrogen functional groups attached to an aromatic ring is 1. The molecule has 4 aliphatic carbocycles. The minimum atomic E-state index is 0.254. The third-order valence-electron chi connectivity index (χ3n) is 5.80. The first-order valence-electron chi connectivity index (χ1n) is 7.88. The van der Waals surface area contributed by atoms with E-state index in [4.69, 9.17) is 5.73 Å². The summed E-state index contributed by atoms with van der Waals surface area (Å²) >= 11 is 0. The first-order valence-corrected chi connectivity index (χ1v) is 7.88. The zero-order valence-corrected chi connectivity index (χ0v) is 12.6. The summed E-state index contributed by atoms with van der Waals surface area (Å²) in [4.78, 5) is 4.47. The number of aromatic nitrogens is 1. The molecule has 4 saturated carbocycles. The van der Waals surface area contributed by atoms with E-state index in [9.17, 15) is 0 Å². The summed E-state index contributed by atoms with van der Waals surface area (Å²) in [5, 5.41) is 3.79. The fourth-order valence-corrected chi connectivity index (χ4v) is 6.37. The van der Waals surface area contributed by atoms with E-state index in [-0.39, 0.29) is 5.54 Å². The van der Waals surface area contributed by atoms with Crippen molar-refractivity contribution >= 4 is 11.5 Å². The second-order valence-electron chi connectivity index (χ2n) is 8.51.